The number of aliphatic carboxylic acids is 1. The van der Waals surface area contributed by atoms with E-state index in [4.69, 9.17) is 5.11 Å². The summed E-state index contributed by atoms with van der Waals surface area (Å²) in [4.78, 5) is 20.5. The van der Waals surface area contributed by atoms with Gasteiger partial charge in [0.25, 0.3) is 0 Å². The van der Waals surface area contributed by atoms with Crippen LogP contribution in [0.2, 0.25) is 0 Å². The summed E-state index contributed by atoms with van der Waals surface area (Å²) >= 11 is 0. The Morgan fingerprint density at radius 2 is 2.00 bits per heavy atom. The SMILES string of the molecule is O=C(O)C1(c2c(F)ccc([N+](=O)[O-])c2F)CC1. The smallest absolute Gasteiger partial charge is 0.314 e. The Morgan fingerprint density at radius 3 is 2.41 bits per heavy atom. The maximum absolute atomic E-state index is 13.7. The number of benzene rings is 1. The van der Waals surface area contributed by atoms with Crippen molar-refractivity contribution in [3.63, 3.8) is 0 Å². The van der Waals surface area contributed by atoms with E-state index in [0.717, 1.165) is 6.07 Å². The van der Waals surface area contributed by atoms with Gasteiger partial charge in [-0.3, -0.25) is 14.9 Å². The maximum Gasteiger partial charge on any atom is 0.314 e. The second-order valence-electron chi connectivity index (χ2n) is 3.90. The second kappa shape index (κ2) is 3.47. The minimum atomic E-state index is -1.64. The first kappa shape index (κ1) is 11.4. The lowest BCUT2D eigenvalue weighted by molar-refractivity contribution is -0.387. The van der Waals surface area contributed by atoms with Crippen molar-refractivity contribution in [2.75, 3.05) is 0 Å². The topological polar surface area (TPSA) is 80.4 Å². The van der Waals surface area contributed by atoms with Crippen LogP contribution in [0.15, 0.2) is 12.1 Å². The second-order valence-corrected chi connectivity index (χ2v) is 3.90. The van der Waals surface area contributed by atoms with Crippen molar-refractivity contribution in [3.05, 3.63) is 39.4 Å². The normalized spacial score (nSPS) is 16.6. The van der Waals surface area contributed by atoms with Gasteiger partial charge in [0, 0.05) is 11.6 Å². The molecule has 0 radical (unpaired) electrons. The lowest BCUT2D eigenvalue weighted by atomic mass is 9.94. The van der Waals surface area contributed by atoms with Gasteiger partial charge in [-0.2, -0.15) is 4.39 Å². The van der Waals surface area contributed by atoms with Gasteiger partial charge in [0.05, 0.1) is 10.3 Å². The number of nitrogens with zero attached hydrogens (tertiary/aromatic N) is 1. The molecular weight excluding hydrogens is 236 g/mol. The average molecular weight is 243 g/mol. The van der Waals surface area contributed by atoms with E-state index in [0.29, 0.717) is 6.07 Å². The molecule has 0 bridgehead atoms. The number of nitro benzene ring substituents is 1. The molecule has 90 valence electrons. The molecule has 17 heavy (non-hydrogen) atoms. The van der Waals surface area contributed by atoms with Gasteiger partial charge in [-0.15, -0.1) is 0 Å². The molecule has 0 aliphatic heterocycles. The molecule has 0 saturated heterocycles. The molecule has 0 aromatic heterocycles. The number of carboxylic acid groups (broad SMARTS) is 1. The molecule has 0 heterocycles. The van der Waals surface area contributed by atoms with Gasteiger partial charge in [-0.25, -0.2) is 4.39 Å². The van der Waals surface area contributed by atoms with Crippen molar-refractivity contribution in [1.82, 2.24) is 0 Å². The van der Waals surface area contributed by atoms with Crippen molar-refractivity contribution in [2.45, 2.75) is 18.3 Å². The molecule has 7 heteroatoms. The number of rotatable bonds is 3. The van der Waals surface area contributed by atoms with Crippen LogP contribution in [0.5, 0.6) is 0 Å². The first-order valence-corrected chi connectivity index (χ1v) is 4.76. The van der Waals surface area contributed by atoms with Crippen LogP contribution in [-0.4, -0.2) is 16.0 Å². The van der Waals surface area contributed by atoms with Gasteiger partial charge in [-0.1, -0.05) is 0 Å². The number of carboxylic acids is 1. The zero-order valence-electron chi connectivity index (χ0n) is 8.44. The molecule has 0 unspecified atom stereocenters. The highest BCUT2D eigenvalue weighted by atomic mass is 19.1. The summed E-state index contributed by atoms with van der Waals surface area (Å²) in [5.74, 6) is -3.82. The number of halogens is 2. The third-order valence-electron chi connectivity index (χ3n) is 2.91. The van der Waals surface area contributed by atoms with Gasteiger partial charge in [0.1, 0.15) is 5.82 Å². The van der Waals surface area contributed by atoms with Crippen LogP contribution in [0.3, 0.4) is 0 Å². The van der Waals surface area contributed by atoms with Crippen LogP contribution >= 0.6 is 0 Å². The number of hydrogen-bond acceptors (Lipinski definition) is 3. The van der Waals surface area contributed by atoms with Crippen molar-refractivity contribution in [2.24, 2.45) is 0 Å². The molecule has 2 rings (SSSR count). The predicted molar refractivity (Wildman–Crippen MR) is 51.6 cm³/mol. The fourth-order valence-corrected chi connectivity index (χ4v) is 1.82. The predicted octanol–water partition coefficient (Wildman–Crippen LogP) is 1.99. The highest BCUT2D eigenvalue weighted by Gasteiger charge is 2.55. The highest BCUT2D eigenvalue weighted by molar-refractivity contribution is 5.85. The summed E-state index contributed by atoms with van der Waals surface area (Å²) < 4.78 is 27.2. The fourth-order valence-electron chi connectivity index (χ4n) is 1.82. The summed E-state index contributed by atoms with van der Waals surface area (Å²) in [7, 11) is 0. The van der Waals surface area contributed by atoms with Gasteiger partial charge < -0.3 is 5.11 Å². The van der Waals surface area contributed by atoms with E-state index >= 15 is 0 Å². The van der Waals surface area contributed by atoms with Gasteiger partial charge in [0.15, 0.2) is 0 Å². The Hall–Kier alpha value is -2.05. The number of hydrogen-bond donors (Lipinski definition) is 1. The molecule has 0 spiro atoms. The Labute approximate surface area is 93.8 Å². The molecule has 1 aliphatic carbocycles. The van der Waals surface area contributed by atoms with E-state index in [1.165, 1.54) is 0 Å². The lowest BCUT2D eigenvalue weighted by Gasteiger charge is -2.12. The third kappa shape index (κ3) is 1.54. The third-order valence-corrected chi connectivity index (χ3v) is 2.91. The van der Waals surface area contributed by atoms with Crippen LogP contribution in [0, 0.1) is 21.7 Å². The van der Waals surface area contributed by atoms with E-state index in [1.807, 2.05) is 0 Å². The first-order chi connectivity index (χ1) is 7.90. The summed E-state index contributed by atoms with van der Waals surface area (Å²) in [6, 6.07) is 1.41. The minimum absolute atomic E-state index is 0.0807. The molecule has 1 fully saturated rings. The van der Waals surface area contributed by atoms with Crippen LogP contribution in [0.4, 0.5) is 14.5 Å². The summed E-state index contributed by atoms with van der Waals surface area (Å²) in [6.07, 6.45) is 0.161. The van der Waals surface area contributed by atoms with E-state index in [2.05, 4.69) is 0 Å². The summed E-state index contributed by atoms with van der Waals surface area (Å²) in [6.45, 7) is 0. The van der Waals surface area contributed by atoms with Crippen LogP contribution in [0.25, 0.3) is 0 Å². The molecule has 0 amide bonds. The molecule has 1 aromatic rings. The van der Waals surface area contributed by atoms with Crippen LogP contribution < -0.4 is 0 Å². The standard InChI is InChI=1S/C10H7F2NO4/c11-5-1-2-6(13(16)17)8(12)7(5)10(3-4-10)9(14)15/h1-2H,3-4H2,(H,14,15). The van der Waals surface area contributed by atoms with Crippen molar-refractivity contribution in [3.8, 4) is 0 Å². The lowest BCUT2D eigenvalue weighted by Crippen LogP contribution is -2.23. The Balaban J connectivity index is 2.65. The van der Waals surface area contributed by atoms with E-state index in [9.17, 15) is 23.7 Å². The Kier molecular flexibility index (Phi) is 2.34. The van der Waals surface area contributed by atoms with Gasteiger partial charge in [-0.05, 0) is 18.9 Å². The van der Waals surface area contributed by atoms with E-state index in [1.54, 1.807) is 0 Å². The Morgan fingerprint density at radius 1 is 1.41 bits per heavy atom. The maximum atomic E-state index is 13.7. The van der Waals surface area contributed by atoms with Crippen LogP contribution in [-0.2, 0) is 10.2 Å². The Bertz CT molecular complexity index is 525. The number of nitro groups is 1. The van der Waals surface area contributed by atoms with Crippen molar-refractivity contribution < 1.29 is 23.6 Å². The van der Waals surface area contributed by atoms with Crippen LogP contribution in [0.1, 0.15) is 18.4 Å². The largest absolute Gasteiger partial charge is 0.481 e. The summed E-state index contributed by atoms with van der Waals surface area (Å²) in [5, 5.41) is 19.4. The monoisotopic (exact) mass is 243 g/mol. The molecule has 1 saturated carbocycles. The van der Waals surface area contributed by atoms with Gasteiger partial charge >= 0.3 is 11.7 Å². The molecule has 1 aromatic carbocycles. The first-order valence-electron chi connectivity index (χ1n) is 4.76. The van der Waals surface area contributed by atoms with Crippen molar-refractivity contribution >= 4 is 11.7 Å². The average Bonchev–Trinajstić information content (AvgIpc) is 2.98. The van der Waals surface area contributed by atoms with Gasteiger partial charge in [0.2, 0.25) is 5.82 Å². The zero-order valence-corrected chi connectivity index (χ0v) is 8.44. The van der Waals surface area contributed by atoms with E-state index < -0.39 is 39.2 Å². The molecular formula is C10H7F2NO4. The molecule has 0 atom stereocenters. The quantitative estimate of drug-likeness (QED) is 0.650. The van der Waals surface area contributed by atoms with Crippen molar-refractivity contribution in [1.29, 1.82) is 0 Å². The van der Waals surface area contributed by atoms with E-state index in [-0.39, 0.29) is 12.8 Å². The fraction of sp³-hybridized carbons (Fsp3) is 0.300. The molecule has 5 nitrogen and oxygen atoms in total. The highest BCUT2D eigenvalue weighted by Crippen LogP contribution is 2.51. The number of carbonyl (C=O) groups is 1. The minimum Gasteiger partial charge on any atom is -0.481 e. The molecule has 1 aliphatic rings. The molecule has 1 N–H and O–H groups in total. The zero-order chi connectivity index (χ0) is 12.8. The summed E-state index contributed by atoms with van der Waals surface area (Å²) in [5.41, 5.74) is -3.26.